The molecule has 2 rings (SSSR count). The highest BCUT2D eigenvalue weighted by Crippen LogP contribution is 2.12. The van der Waals surface area contributed by atoms with Gasteiger partial charge >= 0.3 is 5.97 Å². The number of esters is 1. The molecule has 1 aromatic carbocycles. The number of rotatable bonds is 5. The van der Waals surface area contributed by atoms with Crippen LogP contribution in [0.2, 0.25) is 0 Å². The van der Waals surface area contributed by atoms with E-state index < -0.39 is 5.97 Å². The number of amides is 2. The molecule has 112 valence electrons. The molecule has 1 N–H and O–H groups in total. The average molecular weight is 290 g/mol. The van der Waals surface area contributed by atoms with Crippen LogP contribution in [0.25, 0.3) is 0 Å². The van der Waals surface area contributed by atoms with E-state index in [1.807, 2.05) is 0 Å². The van der Waals surface area contributed by atoms with Crippen molar-refractivity contribution in [2.45, 2.75) is 19.8 Å². The summed E-state index contributed by atoms with van der Waals surface area (Å²) in [5.74, 6) is -0.616. The van der Waals surface area contributed by atoms with Crippen LogP contribution in [0.4, 0.5) is 5.69 Å². The molecule has 6 heteroatoms. The number of anilines is 1. The lowest BCUT2D eigenvalue weighted by Gasteiger charge is -2.15. The zero-order chi connectivity index (χ0) is 15.2. The number of likely N-dealkylation sites (tertiary alicyclic amines) is 1. The lowest BCUT2D eigenvalue weighted by Crippen LogP contribution is -2.33. The molecule has 0 atom stereocenters. The van der Waals surface area contributed by atoms with E-state index >= 15 is 0 Å². The van der Waals surface area contributed by atoms with Gasteiger partial charge in [-0.25, -0.2) is 4.79 Å². The van der Waals surface area contributed by atoms with Gasteiger partial charge in [-0.2, -0.15) is 0 Å². The van der Waals surface area contributed by atoms with Gasteiger partial charge in [0.05, 0.1) is 18.7 Å². The van der Waals surface area contributed by atoms with Crippen LogP contribution in [0, 0.1) is 0 Å². The van der Waals surface area contributed by atoms with Gasteiger partial charge in [-0.05, 0) is 37.6 Å². The maximum absolute atomic E-state index is 11.8. The van der Waals surface area contributed by atoms with Crippen LogP contribution >= 0.6 is 0 Å². The van der Waals surface area contributed by atoms with Crippen molar-refractivity contribution in [1.82, 2.24) is 4.90 Å². The maximum Gasteiger partial charge on any atom is 0.338 e. The standard InChI is InChI=1S/C15H18N2O4/c1-2-21-15(20)11-5-7-12(8-6-11)16-13(18)10-17-9-3-4-14(17)19/h5-8H,2-4,9-10H2,1H3,(H,16,18). The molecule has 1 saturated heterocycles. The van der Waals surface area contributed by atoms with Gasteiger partial charge in [0.1, 0.15) is 0 Å². The Labute approximate surface area is 123 Å². The van der Waals surface area contributed by atoms with Gasteiger partial charge in [0.25, 0.3) is 0 Å². The minimum atomic E-state index is -0.391. The second kappa shape index (κ2) is 6.88. The number of carbonyl (C=O) groups is 3. The van der Waals surface area contributed by atoms with E-state index in [4.69, 9.17) is 4.74 Å². The highest BCUT2D eigenvalue weighted by Gasteiger charge is 2.22. The summed E-state index contributed by atoms with van der Waals surface area (Å²) in [5, 5.41) is 2.70. The van der Waals surface area contributed by atoms with E-state index in [1.165, 1.54) is 0 Å². The molecule has 1 aliphatic heterocycles. The zero-order valence-corrected chi connectivity index (χ0v) is 11.9. The molecule has 21 heavy (non-hydrogen) atoms. The second-order valence-corrected chi connectivity index (χ2v) is 4.76. The number of nitrogens with zero attached hydrogens (tertiary/aromatic N) is 1. The summed E-state index contributed by atoms with van der Waals surface area (Å²) in [6.45, 7) is 2.76. The van der Waals surface area contributed by atoms with Crippen LogP contribution in [0.3, 0.4) is 0 Å². The van der Waals surface area contributed by atoms with Crippen molar-refractivity contribution in [3.05, 3.63) is 29.8 Å². The summed E-state index contributed by atoms with van der Waals surface area (Å²) in [6.07, 6.45) is 1.32. The van der Waals surface area contributed by atoms with E-state index in [0.717, 1.165) is 6.42 Å². The SMILES string of the molecule is CCOC(=O)c1ccc(NC(=O)CN2CCCC2=O)cc1. The minimum absolute atomic E-state index is 0.0165. The minimum Gasteiger partial charge on any atom is -0.462 e. The van der Waals surface area contributed by atoms with E-state index in [1.54, 1.807) is 36.1 Å². The van der Waals surface area contributed by atoms with Crippen LogP contribution in [0.1, 0.15) is 30.1 Å². The van der Waals surface area contributed by atoms with Crippen molar-refractivity contribution in [1.29, 1.82) is 0 Å². The molecular weight excluding hydrogens is 272 g/mol. The molecule has 1 heterocycles. The fourth-order valence-electron chi connectivity index (χ4n) is 2.15. The molecule has 0 aromatic heterocycles. The van der Waals surface area contributed by atoms with Crippen molar-refractivity contribution in [3.63, 3.8) is 0 Å². The largest absolute Gasteiger partial charge is 0.462 e. The first-order valence-corrected chi connectivity index (χ1v) is 6.95. The number of ether oxygens (including phenoxy) is 1. The highest BCUT2D eigenvalue weighted by molar-refractivity contribution is 5.95. The lowest BCUT2D eigenvalue weighted by molar-refractivity contribution is -0.131. The first-order chi connectivity index (χ1) is 10.1. The van der Waals surface area contributed by atoms with Crippen molar-refractivity contribution in [2.75, 3.05) is 25.0 Å². The van der Waals surface area contributed by atoms with E-state index in [-0.39, 0.29) is 18.4 Å². The molecule has 0 radical (unpaired) electrons. The van der Waals surface area contributed by atoms with Crippen LogP contribution < -0.4 is 5.32 Å². The third kappa shape index (κ3) is 4.05. The third-order valence-corrected chi connectivity index (χ3v) is 3.19. The lowest BCUT2D eigenvalue weighted by atomic mass is 10.2. The van der Waals surface area contributed by atoms with Gasteiger partial charge in [0, 0.05) is 18.7 Å². The van der Waals surface area contributed by atoms with Gasteiger partial charge < -0.3 is 15.0 Å². The molecule has 1 aromatic rings. The molecule has 0 unspecified atom stereocenters. The number of nitrogens with one attached hydrogen (secondary N) is 1. The molecule has 0 saturated carbocycles. The molecule has 1 aliphatic rings. The maximum atomic E-state index is 11.8. The topological polar surface area (TPSA) is 75.7 Å². The third-order valence-electron chi connectivity index (χ3n) is 3.19. The van der Waals surface area contributed by atoms with Crippen LogP contribution in [0.15, 0.2) is 24.3 Å². The first-order valence-electron chi connectivity index (χ1n) is 6.95. The summed E-state index contributed by atoms with van der Waals surface area (Å²) >= 11 is 0. The average Bonchev–Trinajstić information content (AvgIpc) is 2.85. The molecule has 0 aliphatic carbocycles. The van der Waals surface area contributed by atoms with Crippen LogP contribution in [-0.4, -0.2) is 42.4 Å². The normalized spacial score (nSPS) is 14.1. The summed E-state index contributed by atoms with van der Waals surface area (Å²) in [6, 6.07) is 6.45. The van der Waals surface area contributed by atoms with Crippen molar-refractivity contribution in [2.24, 2.45) is 0 Å². The Bertz CT molecular complexity index is 539. The number of hydrogen-bond donors (Lipinski definition) is 1. The number of benzene rings is 1. The van der Waals surface area contributed by atoms with Crippen molar-refractivity contribution >= 4 is 23.5 Å². The molecule has 1 fully saturated rings. The Kier molecular flexibility index (Phi) is 4.92. The van der Waals surface area contributed by atoms with Gasteiger partial charge in [-0.15, -0.1) is 0 Å². The Morgan fingerprint density at radius 3 is 2.57 bits per heavy atom. The van der Waals surface area contributed by atoms with Gasteiger partial charge in [-0.1, -0.05) is 0 Å². The van der Waals surface area contributed by atoms with E-state index in [2.05, 4.69) is 5.32 Å². The summed E-state index contributed by atoms with van der Waals surface area (Å²) < 4.78 is 4.88. The fraction of sp³-hybridized carbons (Fsp3) is 0.400. The van der Waals surface area contributed by atoms with Gasteiger partial charge in [0.15, 0.2) is 0 Å². The Morgan fingerprint density at radius 2 is 2.00 bits per heavy atom. The van der Waals surface area contributed by atoms with E-state index in [0.29, 0.717) is 30.8 Å². The van der Waals surface area contributed by atoms with Gasteiger partial charge in [0.2, 0.25) is 11.8 Å². The van der Waals surface area contributed by atoms with Crippen LogP contribution in [0.5, 0.6) is 0 Å². The molecule has 0 bridgehead atoms. The monoisotopic (exact) mass is 290 g/mol. The van der Waals surface area contributed by atoms with Gasteiger partial charge in [-0.3, -0.25) is 9.59 Å². The Hall–Kier alpha value is -2.37. The highest BCUT2D eigenvalue weighted by atomic mass is 16.5. The zero-order valence-electron chi connectivity index (χ0n) is 11.9. The number of carbonyl (C=O) groups excluding carboxylic acids is 3. The van der Waals surface area contributed by atoms with E-state index in [9.17, 15) is 14.4 Å². The summed E-state index contributed by atoms with van der Waals surface area (Å²) in [5.41, 5.74) is 1.02. The smallest absolute Gasteiger partial charge is 0.338 e. The van der Waals surface area contributed by atoms with Crippen LogP contribution in [-0.2, 0) is 14.3 Å². The number of hydrogen-bond acceptors (Lipinski definition) is 4. The molecule has 0 spiro atoms. The predicted octanol–water partition coefficient (Wildman–Crippen LogP) is 1.42. The second-order valence-electron chi connectivity index (χ2n) is 4.76. The summed E-state index contributed by atoms with van der Waals surface area (Å²) in [4.78, 5) is 36.3. The fourth-order valence-corrected chi connectivity index (χ4v) is 2.15. The molecule has 2 amide bonds. The predicted molar refractivity (Wildman–Crippen MR) is 76.8 cm³/mol. The van der Waals surface area contributed by atoms with Crippen molar-refractivity contribution in [3.8, 4) is 0 Å². The molecular formula is C15H18N2O4. The Balaban J connectivity index is 1.89. The first kappa shape index (κ1) is 15.0. The molecule has 6 nitrogen and oxygen atoms in total. The summed E-state index contributed by atoms with van der Waals surface area (Å²) in [7, 11) is 0. The Morgan fingerprint density at radius 1 is 1.29 bits per heavy atom. The quantitative estimate of drug-likeness (QED) is 0.832. The van der Waals surface area contributed by atoms with Crippen molar-refractivity contribution < 1.29 is 19.1 Å².